The van der Waals surface area contributed by atoms with Crippen LogP contribution < -0.4 is 5.32 Å². The molecule has 1 saturated carbocycles. The van der Waals surface area contributed by atoms with Crippen molar-refractivity contribution in [1.82, 2.24) is 20.0 Å². The largest absolute Gasteiger partial charge is 0.349 e. The van der Waals surface area contributed by atoms with Crippen LogP contribution >= 0.6 is 0 Å². The summed E-state index contributed by atoms with van der Waals surface area (Å²) in [5.41, 5.74) is 2.35. The summed E-state index contributed by atoms with van der Waals surface area (Å²) in [6.07, 6.45) is 7.75. The van der Waals surface area contributed by atoms with E-state index < -0.39 is 0 Å². The molecule has 152 valence electrons. The molecule has 1 heterocycles. The van der Waals surface area contributed by atoms with Crippen LogP contribution in [0.3, 0.4) is 0 Å². The predicted molar refractivity (Wildman–Crippen MR) is 114 cm³/mol. The number of nitrogens with zero attached hydrogens (tertiary/aromatic N) is 3. The van der Waals surface area contributed by atoms with Crippen LogP contribution in [0.5, 0.6) is 0 Å². The van der Waals surface area contributed by atoms with Crippen molar-refractivity contribution in [2.24, 2.45) is 0 Å². The summed E-state index contributed by atoms with van der Waals surface area (Å²) in [6, 6.07) is 12.9. The van der Waals surface area contributed by atoms with Gasteiger partial charge in [0.05, 0.1) is 11.4 Å². The predicted octanol–water partition coefficient (Wildman–Crippen LogP) is 4.34. The average Bonchev–Trinajstić information content (AvgIpc) is 3.13. The summed E-state index contributed by atoms with van der Waals surface area (Å²) in [5.74, 6) is -0.0581. The molecule has 0 saturated heterocycles. The van der Waals surface area contributed by atoms with Crippen LogP contribution in [-0.4, -0.2) is 45.8 Å². The van der Waals surface area contributed by atoms with Crippen molar-refractivity contribution >= 4 is 5.91 Å². The molecule has 1 aromatic heterocycles. The molecule has 0 bridgehead atoms. The van der Waals surface area contributed by atoms with Gasteiger partial charge in [0.1, 0.15) is 5.69 Å². The van der Waals surface area contributed by atoms with Crippen molar-refractivity contribution in [1.29, 1.82) is 0 Å². The van der Waals surface area contributed by atoms with Crippen LogP contribution in [0.25, 0.3) is 5.69 Å². The maximum Gasteiger partial charge on any atom is 0.270 e. The summed E-state index contributed by atoms with van der Waals surface area (Å²) >= 11 is 0. The third kappa shape index (κ3) is 5.02. The highest BCUT2D eigenvalue weighted by Gasteiger charge is 2.24. The van der Waals surface area contributed by atoms with Gasteiger partial charge in [-0.05, 0) is 51.3 Å². The van der Waals surface area contributed by atoms with Crippen molar-refractivity contribution in [3.8, 4) is 5.69 Å². The van der Waals surface area contributed by atoms with Crippen LogP contribution in [0.4, 0.5) is 0 Å². The molecular weight excluding hydrogens is 348 g/mol. The Morgan fingerprint density at radius 2 is 1.96 bits per heavy atom. The van der Waals surface area contributed by atoms with E-state index in [9.17, 15) is 4.79 Å². The van der Waals surface area contributed by atoms with Gasteiger partial charge in [-0.1, -0.05) is 44.4 Å². The maximum absolute atomic E-state index is 12.9. The molecule has 0 radical (unpaired) electrons. The van der Waals surface area contributed by atoms with Gasteiger partial charge < -0.3 is 5.32 Å². The van der Waals surface area contributed by atoms with Gasteiger partial charge >= 0.3 is 0 Å². The molecule has 5 heteroatoms. The van der Waals surface area contributed by atoms with Gasteiger partial charge in [-0.25, -0.2) is 4.68 Å². The fourth-order valence-electron chi connectivity index (χ4n) is 4.23. The van der Waals surface area contributed by atoms with Crippen molar-refractivity contribution < 1.29 is 4.79 Å². The highest BCUT2D eigenvalue weighted by atomic mass is 16.2. The average molecular weight is 383 g/mol. The minimum absolute atomic E-state index is 0.0581. The lowest BCUT2D eigenvalue weighted by Crippen LogP contribution is -2.46. The van der Waals surface area contributed by atoms with Crippen LogP contribution in [0, 0.1) is 6.92 Å². The SMILES string of the molecule is CC[C@@H](C)N(CCNC(=O)c1cc(C)nn1-c1ccccc1)C1CCCCC1. The molecule has 1 aromatic carbocycles. The van der Waals surface area contributed by atoms with E-state index in [-0.39, 0.29) is 5.91 Å². The highest BCUT2D eigenvalue weighted by molar-refractivity contribution is 5.93. The standard InChI is InChI=1S/C23H34N4O/c1-4-19(3)26(20-11-7-5-8-12-20)16-15-24-23(28)22-17-18(2)25-27(22)21-13-9-6-10-14-21/h6,9-10,13-14,17,19-20H,4-5,7-8,11-12,15-16H2,1-3H3,(H,24,28)/t19-/m1/s1. The zero-order chi connectivity index (χ0) is 19.9. The Labute approximate surface area is 169 Å². The van der Waals surface area contributed by atoms with Gasteiger partial charge in [0.15, 0.2) is 0 Å². The number of hydrogen-bond donors (Lipinski definition) is 1. The van der Waals surface area contributed by atoms with Gasteiger partial charge in [-0.2, -0.15) is 5.10 Å². The van der Waals surface area contributed by atoms with E-state index in [0.717, 1.165) is 24.3 Å². The zero-order valence-electron chi connectivity index (χ0n) is 17.5. The Morgan fingerprint density at radius 3 is 2.64 bits per heavy atom. The Balaban J connectivity index is 1.63. The van der Waals surface area contributed by atoms with Gasteiger partial charge in [-0.3, -0.25) is 9.69 Å². The second kappa shape index (κ2) is 9.87. The van der Waals surface area contributed by atoms with E-state index in [1.165, 1.54) is 32.1 Å². The van der Waals surface area contributed by atoms with Crippen LogP contribution in [0.1, 0.15) is 68.6 Å². The number of aromatic nitrogens is 2. The fraction of sp³-hybridized carbons (Fsp3) is 0.565. The molecule has 0 aliphatic heterocycles. The molecule has 2 aromatic rings. The monoisotopic (exact) mass is 382 g/mol. The number of para-hydroxylation sites is 1. The minimum Gasteiger partial charge on any atom is -0.349 e. The molecule has 0 spiro atoms. The number of rotatable bonds is 8. The van der Waals surface area contributed by atoms with E-state index in [2.05, 4.69) is 29.2 Å². The normalized spacial score (nSPS) is 16.3. The quantitative estimate of drug-likeness (QED) is 0.739. The first-order chi connectivity index (χ1) is 13.6. The minimum atomic E-state index is -0.0581. The molecule has 5 nitrogen and oxygen atoms in total. The third-order valence-corrected chi connectivity index (χ3v) is 5.92. The molecule has 1 N–H and O–H groups in total. The lowest BCUT2D eigenvalue weighted by molar-refractivity contribution is 0.0896. The Kier molecular flexibility index (Phi) is 7.26. The van der Waals surface area contributed by atoms with Gasteiger partial charge in [0, 0.05) is 25.2 Å². The molecule has 3 rings (SSSR count). The number of hydrogen-bond acceptors (Lipinski definition) is 3. The summed E-state index contributed by atoms with van der Waals surface area (Å²) in [6.45, 7) is 8.05. The Hall–Kier alpha value is -2.14. The number of amides is 1. The fourth-order valence-corrected chi connectivity index (χ4v) is 4.23. The first kappa shape index (κ1) is 20.6. The smallest absolute Gasteiger partial charge is 0.270 e. The van der Waals surface area contributed by atoms with Crippen molar-refractivity contribution in [2.45, 2.75) is 71.4 Å². The van der Waals surface area contributed by atoms with E-state index >= 15 is 0 Å². The topological polar surface area (TPSA) is 50.2 Å². The third-order valence-electron chi connectivity index (χ3n) is 5.92. The van der Waals surface area contributed by atoms with Crippen LogP contribution in [0.2, 0.25) is 0 Å². The lowest BCUT2D eigenvalue weighted by atomic mass is 9.93. The molecule has 1 atom stereocenters. The molecule has 1 fully saturated rings. The van der Waals surface area contributed by atoms with Crippen LogP contribution in [-0.2, 0) is 0 Å². The molecule has 1 aliphatic rings. The first-order valence-corrected chi connectivity index (χ1v) is 10.8. The highest BCUT2D eigenvalue weighted by Crippen LogP contribution is 2.24. The van der Waals surface area contributed by atoms with Gasteiger partial charge in [-0.15, -0.1) is 0 Å². The second-order valence-electron chi connectivity index (χ2n) is 7.96. The van der Waals surface area contributed by atoms with Crippen molar-refractivity contribution in [3.05, 3.63) is 47.8 Å². The summed E-state index contributed by atoms with van der Waals surface area (Å²) < 4.78 is 1.73. The molecule has 0 unspecified atom stereocenters. The summed E-state index contributed by atoms with van der Waals surface area (Å²) in [5, 5.41) is 7.64. The van der Waals surface area contributed by atoms with Gasteiger partial charge in [0.2, 0.25) is 0 Å². The molecule has 1 amide bonds. The number of carbonyl (C=O) groups is 1. The summed E-state index contributed by atoms with van der Waals surface area (Å²) in [4.78, 5) is 15.5. The van der Waals surface area contributed by atoms with E-state index in [0.29, 0.717) is 24.3 Å². The zero-order valence-corrected chi connectivity index (χ0v) is 17.5. The van der Waals surface area contributed by atoms with Crippen molar-refractivity contribution in [2.75, 3.05) is 13.1 Å². The number of benzene rings is 1. The van der Waals surface area contributed by atoms with Crippen molar-refractivity contribution in [3.63, 3.8) is 0 Å². The lowest BCUT2D eigenvalue weighted by Gasteiger charge is -2.38. The molecular formula is C23H34N4O. The second-order valence-corrected chi connectivity index (χ2v) is 7.96. The van der Waals surface area contributed by atoms with E-state index in [1.807, 2.05) is 43.3 Å². The molecule has 28 heavy (non-hydrogen) atoms. The Morgan fingerprint density at radius 1 is 1.25 bits per heavy atom. The van der Waals surface area contributed by atoms with Gasteiger partial charge in [0.25, 0.3) is 5.91 Å². The Bertz CT molecular complexity index is 749. The number of aryl methyl sites for hydroxylation is 1. The molecule has 1 aliphatic carbocycles. The number of nitrogens with one attached hydrogen (secondary N) is 1. The summed E-state index contributed by atoms with van der Waals surface area (Å²) in [7, 11) is 0. The maximum atomic E-state index is 12.9. The number of carbonyl (C=O) groups excluding carboxylic acids is 1. The first-order valence-electron chi connectivity index (χ1n) is 10.8. The van der Waals surface area contributed by atoms with Crippen LogP contribution in [0.15, 0.2) is 36.4 Å². The van der Waals surface area contributed by atoms with E-state index in [1.54, 1.807) is 4.68 Å². The van der Waals surface area contributed by atoms with E-state index in [4.69, 9.17) is 0 Å².